The van der Waals surface area contributed by atoms with Crippen molar-refractivity contribution in [1.82, 2.24) is 5.32 Å². The number of rotatable bonds is 3. The fourth-order valence-corrected chi connectivity index (χ4v) is 1.77. The molecule has 0 atom stereocenters. The Balaban J connectivity index is 2.06. The number of carbonyl (C=O) groups is 1. The standard InChI is InChI=1S/C14H13ClN2O/c15-11-6-7-13(16)12(8-11)14(18)17-9-10-4-2-1-3-5-10/h1-8H,9,16H2,(H,17,18). The van der Waals surface area contributed by atoms with E-state index in [4.69, 9.17) is 17.3 Å². The summed E-state index contributed by atoms with van der Waals surface area (Å²) in [6, 6.07) is 14.5. The second-order valence-corrected chi connectivity index (χ2v) is 4.34. The third kappa shape index (κ3) is 3.02. The van der Waals surface area contributed by atoms with Crippen molar-refractivity contribution in [3.8, 4) is 0 Å². The van der Waals surface area contributed by atoms with E-state index >= 15 is 0 Å². The zero-order chi connectivity index (χ0) is 13.0. The Kier molecular flexibility index (Phi) is 3.85. The summed E-state index contributed by atoms with van der Waals surface area (Å²) in [7, 11) is 0. The second kappa shape index (κ2) is 5.56. The van der Waals surface area contributed by atoms with Gasteiger partial charge in [0.05, 0.1) is 5.56 Å². The van der Waals surface area contributed by atoms with Crippen molar-refractivity contribution in [1.29, 1.82) is 0 Å². The van der Waals surface area contributed by atoms with Crippen LogP contribution >= 0.6 is 11.6 Å². The molecular formula is C14H13ClN2O. The summed E-state index contributed by atoms with van der Waals surface area (Å²) < 4.78 is 0. The van der Waals surface area contributed by atoms with Gasteiger partial charge in [-0.1, -0.05) is 41.9 Å². The molecule has 0 aliphatic rings. The summed E-state index contributed by atoms with van der Waals surface area (Å²) in [6.45, 7) is 0.464. The lowest BCUT2D eigenvalue weighted by Gasteiger charge is -2.08. The zero-order valence-electron chi connectivity index (χ0n) is 9.69. The molecule has 0 aliphatic heterocycles. The highest BCUT2D eigenvalue weighted by Crippen LogP contribution is 2.17. The maximum atomic E-state index is 11.9. The van der Waals surface area contributed by atoms with Crippen LogP contribution in [0.1, 0.15) is 15.9 Å². The average molecular weight is 261 g/mol. The molecule has 0 fully saturated rings. The van der Waals surface area contributed by atoms with Gasteiger partial charge in [-0.25, -0.2) is 0 Å². The molecule has 0 aliphatic carbocycles. The molecule has 4 heteroatoms. The summed E-state index contributed by atoms with van der Waals surface area (Å²) in [5, 5.41) is 3.30. The molecule has 0 unspecified atom stereocenters. The van der Waals surface area contributed by atoms with Crippen LogP contribution in [0.2, 0.25) is 5.02 Å². The van der Waals surface area contributed by atoms with Crippen LogP contribution in [0.25, 0.3) is 0 Å². The number of amides is 1. The first-order chi connectivity index (χ1) is 8.66. The van der Waals surface area contributed by atoms with Crippen LogP contribution in [0.5, 0.6) is 0 Å². The Morgan fingerprint density at radius 1 is 1.17 bits per heavy atom. The lowest BCUT2D eigenvalue weighted by Crippen LogP contribution is -2.23. The van der Waals surface area contributed by atoms with Gasteiger partial charge >= 0.3 is 0 Å². The van der Waals surface area contributed by atoms with E-state index < -0.39 is 0 Å². The molecule has 92 valence electrons. The van der Waals surface area contributed by atoms with Crippen molar-refractivity contribution in [2.45, 2.75) is 6.54 Å². The van der Waals surface area contributed by atoms with E-state index in [-0.39, 0.29) is 5.91 Å². The molecule has 0 saturated carbocycles. The first-order valence-electron chi connectivity index (χ1n) is 5.54. The molecule has 0 bridgehead atoms. The minimum atomic E-state index is -0.223. The summed E-state index contributed by atoms with van der Waals surface area (Å²) in [6.07, 6.45) is 0. The molecule has 3 N–H and O–H groups in total. The number of carbonyl (C=O) groups excluding carboxylic acids is 1. The summed E-state index contributed by atoms with van der Waals surface area (Å²) in [4.78, 5) is 11.9. The van der Waals surface area contributed by atoms with Crippen LogP contribution in [0.15, 0.2) is 48.5 Å². The van der Waals surface area contributed by atoms with Crippen molar-refractivity contribution in [3.05, 3.63) is 64.7 Å². The molecule has 0 spiro atoms. The number of anilines is 1. The predicted octanol–water partition coefficient (Wildman–Crippen LogP) is 2.85. The normalized spacial score (nSPS) is 10.1. The number of nitrogen functional groups attached to an aromatic ring is 1. The largest absolute Gasteiger partial charge is 0.398 e. The van der Waals surface area contributed by atoms with Gasteiger partial charge in [-0.3, -0.25) is 4.79 Å². The highest BCUT2D eigenvalue weighted by molar-refractivity contribution is 6.31. The maximum absolute atomic E-state index is 11.9. The van der Waals surface area contributed by atoms with E-state index in [0.717, 1.165) is 5.56 Å². The molecule has 0 saturated heterocycles. The molecule has 0 heterocycles. The fraction of sp³-hybridized carbons (Fsp3) is 0.0714. The number of hydrogen-bond donors (Lipinski definition) is 2. The Morgan fingerprint density at radius 3 is 2.61 bits per heavy atom. The van der Waals surface area contributed by atoms with Crippen molar-refractivity contribution in [2.24, 2.45) is 0 Å². The highest BCUT2D eigenvalue weighted by atomic mass is 35.5. The number of nitrogens with two attached hydrogens (primary N) is 1. The quantitative estimate of drug-likeness (QED) is 0.834. The van der Waals surface area contributed by atoms with Crippen LogP contribution in [-0.4, -0.2) is 5.91 Å². The van der Waals surface area contributed by atoms with Crippen LogP contribution in [0, 0.1) is 0 Å². The van der Waals surface area contributed by atoms with Gasteiger partial charge in [-0.2, -0.15) is 0 Å². The number of halogens is 1. The minimum absolute atomic E-state index is 0.223. The molecule has 2 rings (SSSR count). The summed E-state index contributed by atoms with van der Waals surface area (Å²) >= 11 is 5.84. The zero-order valence-corrected chi connectivity index (χ0v) is 10.4. The second-order valence-electron chi connectivity index (χ2n) is 3.90. The maximum Gasteiger partial charge on any atom is 0.253 e. The molecule has 0 radical (unpaired) electrons. The van der Waals surface area contributed by atoms with Gasteiger partial charge in [-0.15, -0.1) is 0 Å². The molecule has 2 aromatic rings. The van der Waals surface area contributed by atoms with Crippen molar-refractivity contribution >= 4 is 23.2 Å². The molecular weight excluding hydrogens is 248 g/mol. The van der Waals surface area contributed by atoms with Gasteiger partial charge in [-0.05, 0) is 23.8 Å². The van der Waals surface area contributed by atoms with E-state index in [1.807, 2.05) is 30.3 Å². The topological polar surface area (TPSA) is 55.1 Å². The third-order valence-electron chi connectivity index (χ3n) is 2.56. The first kappa shape index (κ1) is 12.5. The number of nitrogens with one attached hydrogen (secondary N) is 1. The van der Waals surface area contributed by atoms with E-state index in [9.17, 15) is 4.79 Å². The van der Waals surface area contributed by atoms with E-state index in [1.54, 1.807) is 18.2 Å². The monoisotopic (exact) mass is 260 g/mol. The van der Waals surface area contributed by atoms with Crippen molar-refractivity contribution in [3.63, 3.8) is 0 Å². The van der Waals surface area contributed by atoms with Crippen LogP contribution in [-0.2, 0) is 6.54 Å². The van der Waals surface area contributed by atoms with Gasteiger partial charge in [0.1, 0.15) is 0 Å². The Labute approximate surface area is 111 Å². The molecule has 0 aromatic heterocycles. The lowest BCUT2D eigenvalue weighted by molar-refractivity contribution is 0.0952. The fourth-order valence-electron chi connectivity index (χ4n) is 1.60. The van der Waals surface area contributed by atoms with Gasteiger partial charge in [0.25, 0.3) is 5.91 Å². The smallest absolute Gasteiger partial charge is 0.253 e. The number of benzene rings is 2. The summed E-state index contributed by atoms with van der Waals surface area (Å²) in [5.41, 5.74) is 7.60. The van der Waals surface area contributed by atoms with Gasteiger partial charge in [0.15, 0.2) is 0 Å². The lowest BCUT2D eigenvalue weighted by atomic mass is 10.1. The van der Waals surface area contributed by atoms with E-state index in [1.165, 1.54) is 0 Å². The van der Waals surface area contributed by atoms with E-state index in [2.05, 4.69) is 5.32 Å². The molecule has 1 amide bonds. The Morgan fingerprint density at radius 2 is 1.89 bits per heavy atom. The Bertz CT molecular complexity index is 555. The first-order valence-corrected chi connectivity index (χ1v) is 5.92. The minimum Gasteiger partial charge on any atom is -0.398 e. The van der Waals surface area contributed by atoms with Gasteiger partial charge in [0.2, 0.25) is 0 Å². The van der Waals surface area contributed by atoms with Crippen molar-refractivity contribution in [2.75, 3.05) is 5.73 Å². The summed E-state index contributed by atoms with van der Waals surface area (Å²) in [5.74, 6) is -0.223. The van der Waals surface area contributed by atoms with Crippen LogP contribution < -0.4 is 11.1 Å². The van der Waals surface area contributed by atoms with Crippen molar-refractivity contribution < 1.29 is 4.79 Å². The van der Waals surface area contributed by atoms with Gasteiger partial charge in [0, 0.05) is 17.3 Å². The van der Waals surface area contributed by atoms with Crippen LogP contribution in [0.4, 0.5) is 5.69 Å². The predicted molar refractivity (Wildman–Crippen MR) is 73.5 cm³/mol. The van der Waals surface area contributed by atoms with Gasteiger partial charge < -0.3 is 11.1 Å². The van der Waals surface area contributed by atoms with E-state index in [0.29, 0.717) is 22.8 Å². The third-order valence-corrected chi connectivity index (χ3v) is 2.79. The molecule has 18 heavy (non-hydrogen) atoms. The molecule has 2 aromatic carbocycles. The highest BCUT2D eigenvalue weighted by Gasteiger charge is 2.09. The average Bonchev–Trinajstić information content (AvgIpc) is 2.40. The molecule has 3 nitrogen and oxygen atoms in total. The van der Waals surface area contributed by atoms with Crippen LogP contribution in [0.3, 0.4) is 0 Å². The Hall–Kier alpha value is -2.00. The SMILES string of the molecule is Nc1ccc(Cl)cc1C(=O)NCc1ccccc1. The number of hydrogen-bond acceptors (Lipinski definition) is 2.